The van der Waals surface area contributed by atoms with Gasteiger partial charge in [-0.25, -0.2) is 0 Å². The van der Waals surface area contributed by atoms with E-state index in [-0.39, 0.29) is 0 Å². The first kappa shape index (κ1) is 11.2. The lowest BCUT2D eigenvalue weighted by atomic mass is 10.0. The summed E-state index contributed by atoms with van der Waals surface area (Å²) in [4.78, 5) is 0. The van der Waals surface area contributed by atoms with Gasteiger partial charge in [0.05, 0.1) is 5.52 Å². The Morgan fingerprint density at radius 3 is 3.18 bits per heavy atom. The van der Waals surface area contributed by atoms with Crippen molar-refractivity contribution in [2.45, 2.75) is 25.3 Å². The van der Waals surface area contributed by atoms with Crippen LogP contribution in [0.1, 0.15) is 18.4 Å². The molecule has 1 aliphatic heterocycles. The lowest BCUT2D eigenvalue weighted by Gasteiger charge is -2.11. The predicted octanol–water partition coefficient (Wildman–Crippen LogP) is 2.63. The van der Waals surface area contributed by atoms with Gasteiger partial charge >= 0.3 is 0 Å². The number of aryl methyl sites for hydroxylation is 1. The van der Waals surface area contributed by atoms with E-state index in [2.05, 4.69) is 44.5 Å². The Morgan fingerprint density at radius 2 is 2.41 bits per heavy atom. The molecule has 1 aliphatic rings. The molecule has 3 rings (SSSR count). The van der Waals surface area contributed by atoms with Gasteiger partial charge in [-0.05, 0) is 53.4 Å². The maximum atomic E-state index is 4.44. The first-order valence-corrected chi connectivity index (χ1v) is 6.88. The van der Waals surface area contributed by atoms with Gasteiger partial charge in [-0.3, -0.25) is 4.68 Å². The summed E-state index contributed by atoms with van der Waals surface area (Å²) in [5.41, 5.74) is 2.59. The van der Waals surface area contributed by atoms with E-state index in [1.807, 2.05) is 11.7 Å². The molecule has 0 spiro atoms. The van der Waals surface area contributed by atoms with Crippen LogP contribution in [0, 0.1) is 0 Å². The highest BCUT2D eigenvalue weighted by Crippen LogP contribution is 2.28. The van der Waals surface area contributed by atoms with Crippen molar-refractivity contribution in [3.05, 3.63) is 28.4 Å². The molecule has 1 fully saturated rings. The van der Waals surface area contributed by atoms with Gasteiger partial charge in [0, 0.05) is 18.5 Å². The summed E-state index contributed by atoms with van der Waals surface area (Å²) in [7, 11) is 1.99. The molecule has 0 bridgehead atoms. The molecule has 1 N–H and O–H groups in total. The molecule has 1 atom stereocenters. The van der Waals surface area contributed by atoms with Gasteiger partial charge in [-0.15, -0.1) is 0 Å². The standard InChI is InChI=1S/C13H16BrN3/c1-17-11-6-2-4-9(12(11)13(14)16-17)8-10-5-3-7-15-10/h2,4,6,10,15H,3,5,7-8H2,1H3. The lowest BCUT2D eigenvalue weighted by molar-refractivity contribution is 0.605. The highest BCUT2D eigenvalue weighted by Gasteiger charge is 2.17. The minimum absolute atomic E-state index is 0.632. The second-order valence-electron chi connectivity index (χ2n) is 4.72. The Bertz CT molecular complexity index is 541. The monoisotopic (exact) mass is 293 g/mol. The van der Waals surface area contributed by atoms with Crippen LogP contribution in [0.5, 0.6) is 0 Å². The molecule has 1 saturated heterocycles. The number of rotatable bonds is 2. The highest BCUT2D eigenvalue weighted by molar-refractivity contribution is 9.10. The third-order valence-corrected chi connectivity index (χ3v) is 4.11. The predicted molar refractivity (Wildman–Crippen MR) is 73.1 cm³/mol. The molecule has 2 aromatic rings. The van der Waals surface area contributed by atoms with E-state index in [1.165, 1.54) is 29.3 Å². The van der Waals surface area contributed by atoms with Crippen LogP contribution in [0.3, 0.4) is 0 Å². The molecule has 3 nitrogen and oxygen atoms in total. The number of aromatic nitrogens is 2. The summed E-state index contributed by atoms with van der Waals surface area (Å²) in [6.07, 6.45) is 3.69. The molecule has 1 unspecified atom stereocenters. The van der Waals surface area contributed by atoms with Crippen molar-refractivity contribution < 1.29 is 0 Å². The average Bonchev–Trinajstić information content (AvgIpc) is 2.90. The fourth-order valence-corrected chi connectivity index (χ4v) is 3.39. The first-order chi connectivity index (χ1) is 8.25. The first-order valence-electron chi connectivity index (χ1n) is 6.09. The van der Waals surface area contributed by atoms with Crippen molar-refractivity contribution in [2.75, 3.05) is 6.54 Å². The quantitative estimate of drug-likeness (QED) is 0.923. The second-order valence-corrected chi connectivity index (χ2v) is 5.47. The Hall–Kier alpha value is -0.870. The van der Waals surface area contributed by atoms with Crippen LogP contribution in [-0.4, -0.2) is 22.4 Å². The third kappa shape index (κ3) is 2.00. The third-order valence-electron chi connectivity index (χ3n) is 3.55. The summed E-state index contributed by atoms with van der Waals surface area (Å²) in [5, 5.41) is 9.26. The van der Waals surface area contributed by atoms with Crippen molar-refractivity contribution in [2.24, 2.45) is 7.05 Å². The molecule has 1 aromatic heterocycles. The Morgan fingerprint density at radius 1 is 1.53 bits per heavy atom. The molecular formula is C13H16BrN3. The van der Waals surface area contributed by atoms with Gasteiger partial charge in [0.2, 0.25) is 0 Å². The molecule has 17 heavy (non-hydrogen) atoms. The summed E-state index contributed by atoms with van der Waals surface area (Å²) in [5.74, 6) is 0. The van der Waals surface area contributed by atoms with E-state index in [0.717, 1.165) is 17.6 Å². The molecule has 2 heterocycles. The van der Waals surface area contributed by atoms with Gasteiger partial charge < -0.3 is 5.32 Å². The summed E-state index contributed by atoms with van der Waals surface area (Å²) in [6, 6.07) is 7.10. The number of hydrogen-bond acceptors (Lipinski definition) is 2. The molecule has 0 saturated carbocycles. The van der Waals surface area contributed by atoms with Gasteiger partial charge in [0.15, 0.2) is 0 Å². The second kappa shape index (κ2) is 4.42. The van der Waals surface area contributed by atoms with Crippen molar-refractivity contribution in [1.29, 1.82) is 0 Å². The zero-order valence-electron chi connectivity index (χ0n) is 9.91. The smallest absolute Gasteiger partial charge is 0.136 e. The van der Waals surface area contributed by atoms with E-state index in [1.54, 1.807) is 0 Å². The maximum Gasteiger partial charge on any atom is 0.136 e. The fourth-order valence-electron chi connectivity index (χ4n) is 2.70. The molecule has 90 valence electrons. The van der Waals surface area contributed by atoms with Crippen molar-refractivity contribution in [1.82, 2.24) is 15.1 Å². The molecule has 0 aliphatic carbocycles. The zero-order chi connectivity index (χ0) is 11.8. The molecule has 0 amide bonds. The van der Waals surface area contributed by atoms with Crippen molar-refractivity contribution >= 4 is 26.8 Å². The summed E-state index contributed by atoms with van der Waals surface area (Å²) in [6.45, 7) is 1.16. The van der Waals surface area contributed by atoms with E-state index in [9.17, 15) is 0 Å². The van der Waals surface area contributed by atoms with Crippen LogP contribution in [0.15, 0.2) is 22.8 Å². The van der Waals surface area contributed by atoms with Crippen LogP contribution in [0.25, 0.3) is 10.9 Å². The number of halogens is 1. The fraction of sp³-hybridized carbons (Fsp3) is 0.462. The van der Waals surface area contributed by atoms with Gasteiger partial charge in [0.25, 0.3) is 0 Å². The van der Waals surface area contributed by atoms with Crippen LogP contribution < -0.4 is 5.32 Å². The highest BCUT2D eigenvalue weighted by atomic mass is 79.9. The Balaban J connectivity index is 2.03. The normalized spacial score (nSPS) is 20.2. The number of nitrogens with one attached hydrogen (secondary N) is 1. The maximum absolute atomic E-state index is 4.44. The average molecular weight is 294 g/mol. The lowest BCUT2D eigenvalue weighted by Crippen LogP contribution is -2.23. The van der Waals surface area contributed by atoms with Gasteiger partial charge in [-0.2, -0.15) is 5.10 Å². The van der Waals surface area contributed by atoms with Crippen molar-refractivity contribution in [3.8, 4) is 0 Å². The van der Waals surface area contributed by atoms with Crippen LogP contribution in [0.4, 0.5) is 0 Å². The molecule has 1 aromatic carbocycles. The Labute approximate surface area is 109 Å². The van der Waals surface area contributed by atoms with Gasteiger partial charge in [-0.1, -0.05) is 12.1 Å². The van der Waals surface area contributed by atoms with Crippen molar-refractivity contribution in [3.63, 3.8) is 0 Å². The van der Waals surface area contributed by atoms with Gasteiger partial charge in [0.1, 0.15) is 4.60 Å². The summed E-state index contributed by atoms with van der Waals surface area (Å²) >= 11 is 3.57. The van der Waals surface area contributed by atoms with E-state index >= 15 is 0 Å². The largest absolute Gasteiger partial charge is 0.314 e. The molecule has 0 radical (unpaired) electrons. The summed E-state index contributed by atoms with van der Waals surface area (Å²) < 4.78 is 2.90. The topological polar surface area (TPSA) is 29.9 Å². The van der Waals surface area contributed by atoms with Crippen LogP contribution in [0.2, 0.25) is 0 Å². The van der Waals surface area contributed by atoms with E-state index < -0.39 is 0 Å². The number of hydrogen-bond donors (Lipinski definition) is 1. The minimum atomic E-state index is 0.632. The number of nitrogens with zero attached hydrogens (tertiary/aromatic N) is 2. The molecule has 4 heteroatoms. The number of fused-ring (bicyclic) bond motifs is 1. The zero-order valence-corrected chi connectivity index (χ0v) is 11.5. The minimum Gasteiger partial charge on any atom is -0.314 e. The van der Waals surface area contributed by atoms with E-state index in [4.69, 9.17) is 0 Å². The van der Waals surface area contributed by atoms with Crippen LogP contribution in [-0.2, 0) is 13.5 Å². The van der Waals surface area contributed by atoms with Crippen LogP contribution >= 0.6 is 15.9 Å². The SMILES string of the molecule is Cn1nc(Br)c2c(CC3CCCN3)cccc21. The van der Waals surface area contributed by atoms with E-state index in [0.29, 0.717) is 6.04 Å². The molecular weight excluding hydrogens is 278 g/mol. The Kier molecular flexibility index (Phi) is 2.92. The number of benzene rings is 1.